The van der Waals surface area contributed by atoms with Crippen molar-refractivity contribution in [1.82, 2.24) is 15.1 Å². The van der Waals surface area contributed by atoms with Crippen molar-refractivity contribution < 1.29 is 4.79 Å². The van der Waals surface area contributed by atoms with Gasteiger partial charge in [0.15, 0.2) is 0 Å². The van der Waals surface area contributed by atoms with Crippen molar-refractivity contribution >= 4 is 17.5 Å². The second-order valence-corrected chi connectivity index (χ2v) is 10.7. The summed E-state index contributed by atoms with van der Waals surface area (Å²) in [6, 6.07) is 8.22. The van der Waals surface area contributed by atoms with Gasteiger partial charge in [-0.2, -0.15) is 0 Å². The number of amides is 1. The Morgan fingerprint density at radius 3 is 2.03 bits per heavy atom. The van der Waals surface area contributed by atoms with E-state index in [4.69, 9.17) is 11.6 Å². The van der Waals surface area contributed by atoms with Gasteiger partial charge >= 0.3 is 0 Å². The van der Waals surface area contributed by atoms with Crippen molar-refractivity contribution in [2.45, 2.75) is 80.2 Å². The number of piperidine rings is 1. The van der Waals surface area contributed by atoms with Crippen LogP contribution in [0.25, 0.3) is 0 Å². The molecule has 2 aliphatic rings. The molecule has 0 aromatic heterocycles. The normalized spacial score (nSPS) is 17.1. The number of allylic oxidation sites excluding steroid dienone is 4. The summed E-state index contributed by atoms with van der Waals surface area (Å²) in [5.74, 6) is 1.70. The molecule has 0 saturated carbocycles. The lowest BCUT2D eigenvalue weighted by Gasteiger charge is -2.39. The molecule has 38 heavy (non-hydrogen) atoms. The SMILES string of the molecule is C=C/C=C\C=C\C(c1ccc(Cl)cc1)N1CCN(C(=O)CC2CCNCC2)CC1.CC.CC(C)C.CCC. The molecule has 0 aliphatic carbocycles. The van der Waals surface area contributed by atoms with Gasteiger partial charge < -0.3 is 10.2 Å². The highest BCUT2D eigenvalue weighted by atomic mass is 35.5. The first-order valence-electron chi connectivity index (χ1n) is 14.8. The first-order valence-corrected chi connectivity index (χ1v) is 15.1. The smallest absolute Gasteiger partial charge is 0.222 e. The zero-order valence-electron chi connectivity index (χ0n) is 25.4. The van der Waals surface area contributed by atoms with Crippen LogP contribution in [0.1, 0.15) is 85.8 Å². The van der Waals surface area contributed by atoms with Gasteiger partial charge in [0.2, 0.25) is 5.91 Å². The summed E-state index contributed by atoms with van der Waals surface area (Å²) >= 11 is 6.08. The number of benzene rings is 1. The van der Waals surface area contributed by atoms with Crippen LogP contribution in [0.4, 0.5) is 0 Å². The van der Waals surface area contributed by atoms with E-state index < -0.39 is 0 Å². The minimum absolute atomic E-state index is 0.170. The van der Waals surface area contributed by atoms with E-state index in [-0.39, 0.29) is 6.04 Å². The molecule has 5 heteroatoms. The highest BCUT2D eigenvalue weighted by molar-refractivity contribution is 6.30. The van der Waals surface area contributed by atoms with Gasteiger partial charge in [0.25, 0.3) is 0 Å². The van der Waals surface area contributed by atoms with E-state index in [0.29, 0.717) is 18.2 Å². The van der Waals surface area contributed by atoms with Crippen LogP contribution in [-0.2, 0) is 4.79 Å². The Bertz CT molecular complexity index is 771. The van der Waals surface area contributed by atoms with E-state index in [9.17, 15) is 4.79 Å². The fraction of sp³-hybridized carbons (Fsp3) is 0.606. The molecular weight excluding hydrogens is 490 g/mol. The summed E-state index contributed by atoms with van der Waals surface area (Å²) in [4.78, 5) is 17.2. The van der Waals surface area contributed by atoms with Gasteiger partial charge in [-0.05, 0) is 55.5 Å². The second kappa shape index (κ2) is 23.0. The first kappa shape index (κ1) is 36.1. The van der Waals surface area contributed by atoms with Gasteiger partial charge in [0, 0.05) is 37.6 Å². The third-order valence-corrected chi connectivity index (χ3v) is 6.10. The van der Waals surface area contributed by atoms with E-state index in [1.807, 2.05) is 38.1 Å². The average Bonchev–Trinajstić information content (AvgIpc) is 2.91. The summed E-state index contributed by atoms with van der Waals surface area (Å²) in [6.45, 7) is 23.9. The van der Waals surface area contributed by atoms with E-state index in [2.05, 4.69) is 80.6 Å². The van der Waals surface area contributed by atoms with E-state index >= 15 is 0 Å². The van der Waals surface area contributed by atoms with Gasteiger partial charge in [-0.1, -0.05) is 116 Å². The number of halogens is 1. The first-order chi connectivity index (χ1) is 18.3. The number of hydrogen-bond donors (Lipinski definition) is 1. The lowest BCUT2D eigenvalue weighted by Crippen LogP contribution is -2.49. The van der Waals surface area contributed by atoms with Crippen LogP contribution in [-0.4, -0.2) is 55.0 Å². The van der Waals surface area contributed by atoms with Crippen molar-refractivity contribution in [1.29, 1.82) is 0 Å². The van der Waals surface area contributed by atoms with Crippen molar-refractivity contribution in [3.63, 3.8) is 0 Å². The summed E-state index contributed by atoms with van der Waals surface area (Å²) in [7, 11) is 0. The van der Waals surface area contributed by atoms with Crippen LogP contribution in [0, 0.1) is 11.8 Å². The second-order valence-electron chi connectivity index (χ2n) is 10.3. The number of nitrogens with zero attached hydrogens (tertiary/aromatic N) is 2. The minimum Gasteiger partial charge on any atom is -0.340 e. The lowest BCUT2D eigenvalue weighted by molar-refractivity contribution is -0.134. The number of carbonyl (C=O) groups excluding carboxylic acids is 1. The molecule has 0 spiro atoms. The van der Waals surface area contributed by atoms with Crippen molar-refractivity contribution in [3.8, 4) is 0 Å². The molecule has 0 radical (unpaired) electrons. The highest BCUT2D eigenvalue weighted by Gasteiger charge is 2.27. The predicted molar refractivity (Wildman–Crippen MR) is 169 cm³/mol. The monoisotopic (exact) mass is 545 g/mol. The van der Waals surface area contributed by atoms with Crippen LogP contribution in [0.3, 0.4) is 0 Å². The molecule has 1 aromatic carbocycles. The number of hydrogen-bond acceptors (Lipinski definition) is 3. The number of piperazine rings is 1. The molecule has 1 N–H and O–H groups in total. The maximum absolute atomic E-state index is 12.7. The molecule has 1 atom stereocenters. The van der Waals surface area contributed by atoms with Gasteiger partial charge in [-0.25, -0.2) is 0 Å². The van der Waals surface area contributed by atoms with Gasteiger partial charge in [0.1, 0.15) is 0 Å². The van der Waals surface area contributed by atoms with Crippen molar-refractivity contribution in [3.05, 3.63) is 71.8 Å². The van der Waals surface area contributed by atoms with E-state index in [1.54, 1.807) is 6.08 Å². The Labute approximate surface area is 240 Å². The van der Waals surface area contributed by atoms with Crippen molar-refractivity contribution in [2.24, 2.45) is 11.8 Å². The Balaban J connectivity index is 0.00000134. The van der Waals surface area contributed by atoms with Crippen LogP contribution in [0.5, 0.6) is 0 Å². The van der Waals surface area contributed by atoms with Crippen LogP contribution >= 0.6 is 11.6 Å². The molecule has 2 fully saturated rings. The van der Waals surface area contributed by atoms with E-state index in [0.717, 1.165) is 63.1 Å². The van der Waals surface area contributed by atoms with Gasteiger partial charge in [0.05, 0.1) is 6.04 Å². The lowest BCUT2D eigenvalue weighted by atomic mass is 9.94. The quantitative estimate of drug-likeness (QED) is 0.350. The summed E-state index contributed by atoms with van der Waals surface area (Å²) in [6.07, 6.45) is 14.1. The molecule has 2 aliphatic heterocycles. The van der Waals surface area contributed by atoms with E-state index in [1.165, 1.54) is 12.0 Å². The van der Waals surface area contributed by atoms with Gasteiger partial charge in [-0.15, -0.1) is 0 Å². The molecule has 2 heterocycles. The van der Waals surface area contributed by atoms with Crippen molar-refractivity contribution in [2.75, 3.05) is 39.3 Å². The average molecular weight is 546 g/mol. The Kier molecular flexibility index (Phi) is 21.9. The minimum atomic E-state index is 0.170. The molecule has 4 nitrogen and oxygen atoms in total. The topological polar surface area (TPSA) is 35.6 Å². The molecule has 1 amide bonds. The molecule has 0 bridgehead atoms. The third kappa shape index (κ3) is 16.2. The fourth-order valence-corrected chi connectivity index (χ4v) is 4.25. The molecule has 2 saturated heterocycles. The molecule has 1 aromatic rings. The summed E-state index contributed by atoms with van der Waals surface area (Å²) in [5.41, 5.74) is 1.21. The Hall–Kier alpha value is -1.88. The molecule has 1 unspecified atom stereocenters. The van der Waals surface area contributed by atoms with Gasteiger partial charge in [-0.3, -0.25) is 9.69 Å². The molecule has 3 rings (SSSR count). The molecular formula is C33H56ClN3O. The van der Waals surface area contributed by atoms with Crippen LogP contribution in [0.15, 0.2) is 61.2 Å². The number of nitrogens with one attached hydrogen (secondary N) is 1. The fourth-order valence-electron chi connectivity index (χ4n) is 4.13. The molecule has 216 valence electrons. The largest absolute Gasteiger partial charge is 0.340 e. The number of carbonyl (C=O) groups is 1. The Morgan fingerprint density at radius 1 is 1.00 bits per heavy atom. The maximum Gasteiger partial charge on any atom is 0.222 e. The highest BCUT2D eigenvalue weighted by Crippen LogP contribution is 2.26. The number of rotatable bonds is 7. The maximum atomic E-state index is 12.7. The summed E-state index contributed by atoms with van der Waals surface area (Å²) in [5, 5.41) is 4.12. The van der Waals surface area contributed by atoms with Crippen LogP contribution < -0.4 is 5.32 Å². The van der Waals surface area contributed by atoms with Crippen LogP contribution in [0.2, 0.25) is 5.02 Å². The summed E-state index contributed by atoms with van der Waals surface area (Å²) < 4.78 is 0. The predicted octanol–water partition coefficient (Wildman–Crippen LogP) is 8.32. The zero-order valence-corrected chi connectivity index (χ0v) is 26.1. The third-order valence-electron chi connectivity index (χ3n) is 5.85. The standard InChI is InChI=1S/C24H32ClN3O.C4H10.C3H8.C2H6/c1-2-3-4-5-6-23(21-7-9-22(25)10-8-21)27-15-17-28(18-16-27)24(29)19-20-11-13-26-14-12-20;1-4(2)3;1-3-2;1-2/h2-10,20,23,26H,1,11-19H2;4H,1-3H3;3H2,1-2H3;1-2H3/b4-3-,6-5+;;;. The Morgan fingerprint density at radius 2 is 1.53 bits per heavy atom. The zero-order chi connectivity index (χ0) is 28.8.